The van der Waals surface area contributed by atoms with Gasteiger partial charge in [-0.1, -0.05) is 0 Å². The van der Waals surface area contributed by atoms with Gasteiger partial charge in [0.1, 0.15) is 36.3 Å². The summed E-state index contributed by atoms with van der Waals surface area (Å²) in [4.78, 5) is 143. The van der Waals surface area contributed by atoms with E-state index in [1.165, 1.54) is 11.8 Å². The summed E-state index contributed by atoms with van der Waals surface area (Å²) in [6, 6.07) is -8.59. The smallest absolute Gasteiger partial charge is 0.303 e. The van der Waals surface area contributed by atoms with Crippen molar-refractivity contribution >= 4 is 88.8 Å². The fourth-order valence-corrected chi connectivity index (χ4v) is 5.77. The van der Waals surface area contributed by atoms with Crippen LogP contribution < -0.4 is 66.3 Å². The van der Waals surface area contributed by atoms with Gasteiger partial charge in [0, 0.05) is 46.2 Å². The van der Waals surface area contributed by atoms with Gasteiger partial charge < -0.3 is 81.6 Å². The second kappa shape index (κ2) is 33.6. The van der Waals surface area contributed by atoms with Crippen LogP contribution in [0.1, 0.15) is 84.5 Å². The number of aliphatic imine (C=N–C) groups is 2. The Kier molecular flexibility index (Phi) is 31.1. The number of thioether (sulfide) groups is 1. The maximum Gasteiger partial charge on any atom is 0.303 e. The molecule has 0 fully saturated rings. The van der Waals surface area contributed by atoms with Gasteiger partial charge in [-0.2, -0.15) is 11.8 Å². The number of hydrogen-bond donors (Lipinski definition) is 15. The van der Waals surface area contributed by atoms with Gasteiger partial charge in [-0.05, 0) is 63.4 Å². The Morgan fingerprint density at radius 2 is 0.785 bits per heavy atom. The Labute approximate surface area is 378 Å². The standard InChI is InChI=1S/C34H60N14O12S.C2H4O2/c1-17(49)43-20(8-11-25(51)52)29(57)47-22(9-12-26(53)54)31(59)48-23(13-16-61-2)32(60)46-21(7-10-24(35)50)30(58)45-19(6-4-15-42-34(39)40)28(56)44-18(27(36)55)5-3-14-41-33(37)38;1-2(3)4/h18-23H,3-16H2,1-2H3,(H2,35,50)(H2,36,55)(H,43,49)(H,44,56)(H,45,58)(H,46,60)(H,47,57)(H,48,59)(H,51,52)(H,53,54)(H4,37,38,41)(H4,39,40,42);1H3,(H,3,4)/t18-,19-,20-,21-,22-,23-;/m0./s1. The number of carboxylic acid groups (broad SMARTS) is 3. The van der Waals surface area contributed by atoms with E-state index in [4.69, 9.17) is 49.4 Å². The number of carboxylic acids is 3. The van der Waals surface area contributed by atoms with E-state index in [9.17, 15) is 53.1 Å². The van der Waals surface area contributed by atoms with Crippen LogP contribution in [0, 0.1) is 0 Å². The fourth-order valence-electron chi connectivity index (χ4n) is 5.30. The molecule has 0 bridgehead atoms. The maximum atomic E-state index is 13.8. The van der Waals surface area contributed by atoms with E-state index in [1.807, 2.05) is 0 Å². The number of carbonyl (C=O) groups is 11. The fraction of sp³-hybridized carbons (Fsp3) is 0.639. The Morgan fingerprint density at radius 3 is 1.09 bits per heavy atom. The minimum absolute atomic E-state index is 0.0222. The van der Waals surface area contributed by atoms with Crippen molar-refractivity contribution in [1.82, 2.24) is 31.9 Å². The largest absolute Gasteiger partial charge is 0.481 e. The van der Waals surface area contributed by atoms with Crippen LogP contribution >= 0.6 is 11.8 Å². The highest BCUT2D eigenvalue weighted by Crippen LogP contribution is 2.09. The van der Waals surface area contributed by atoms with Gasteiger partial charge in [0.25, 0.3) is 5.97 Å². The van der Waals surface area contributed by atoms with Crippen LogP contribution in [0.5, 0.6) is 0 Å². The van der Waals surface area contributed by atoms with Crippen LogP contribution in [-0.2, 0) is 52.7 Å². The van der Waals surface area contributed by atoms with Gasteiger partial charge in [-0.25, -0.2) is 0 Å². The summed E-state index contributed by atoms with van der Waals surface area (Å²) in [7, 11) is 0. The van der Waals surface area contributed by atoms with Crippen LogP contribution in [0.4, 0.5) is 0 Å². The van der Waals surface area contributed by atoms with Crippen molar-refractivity contribution < 1.29 is 68.1 Å². The summed E-state index contributed by atoms with van der Waals surface area (Å²) in [5.41, 5.74) is 32.3. The van der Waals surface area contributed by atoms with E-state index in [0.717, 1.165) is 13.8 Å². The highest BCUT2D eigenvalue weighted by molar-refractivity contribution is 7.98. The summed E-state index contributed by atoms with van der Waals surface area (Å²) in [5.74, 6) is -10.9. The molecule has 0 radical (unpaired) electrons. The molecule has 0 unspecified atom stereocenters. The topological polar surface area (TPSA) is 501 Å². The van der Waals surface area contributed by atoms with E-state index in [2.05, 4.69) is 41.9 Å². The van der Waals surface area contributed by atoms with Crippen LogP contribution in [0.2, 0.25) is 0 Å². The number of nitrogens with two attached hydrogens (primary N) is 6. The number of primary amides is 2. The van der Waals surface area contributed by atoms with Crippen molar-refractivity contribution in [2.24, 2.45) is 44.4 Å². The molecule has 0 aromatic carbocycles. The molecule has 0 aliphatic rings. The van der Waals surface area contributed by atoms with E-state index in [-0.39, 0.29) is 75.7 Å². The maximum absolute atomic E-state index is 13.8. The molecule has 29 heteroatoms. The predicted octanol–water partition coefficient (Wildman–Crippen LogP) is -5.65. The second-order valence-electron chi connectivity index (χ2n) is 14.0. The Morgan fingerprint density at radius 1 is 0.477 bits per heavy atom. The molecule has 0 aromatic rings. The third-order valence-corrected chi connectivity index (χ3v) is 9.00. The predicted molar refractivity (Wildman–Crippen MR) is 235 cm³/mol. The summed E-state index contributed by atoms with van der Waals surface area (Å²) in [6.07, 6.45) is -0.914. The molecular formula is C36H64N14O14S. The highest BCUT2D eigenvalue weighted by atomic mass is 32.2. The first-order valence-corrected chi connectivity index (χ1v) is 21.3. The zero-order chi connectivity index (χ0) is 50.2. The molecule has 0 spiro atoms. The molecule has 368 valence electrons. The lowest BCUT2D eigenvalue weighted by Gasteiger charge is -2.27. The minimum atomic E-state index is -1.60. The first-order chi connectivity index (χ1) is 30.3. The average molecular weight is 949 g/mol. The van der Waals surface area contributed by atoms with Crippen molar-refractivity contribution in [2.75, 3.05) is 25.1 Å². The highest BCUT2D eigenvalue weighted by Gasteiger charge is 2.33. The molecular weight excluding hydrogens is 885 g/mol. The Hall–Kier alpha value is -6.94. The van der Waals surface area contributed by atoms with Crippen molar-refractivity contribution in [3.05, 3.63) is 0 Å². The van der Waals surface area contributed by atoms with Crippen LogP contribution in [0.3, 0.4) is 0 Å². The van der Waals surface area contributed by atoms with Crippen molar-refractivity contribution in [1.29, 1.82) is 0 Å². The normalized spacial score (nSPS) is 13.1. The lowest BCUT2D eigenvalue weighted by Crippen LogP contribution is -2.59. The third kappa shape index (κ3) is 31.5. The third-order valence-electron chi connectivity index (χ3n) is 8.36. The number of aliphatic carboxylic acids is 3. The molecule has 0 rings (SSSR count). The summed E-state index contributed by atoms with van der Waals surface area (Å²) in [5, 5.41) is 40.3. The molecule has 65 heavy (non-hydrogen) atoms. The molecule has 8 amide bonds. The number of nitrogens with zero attached hydrogens (tertiary/aromatic N) is 2. The summed E-state index contributed by atoms with van der Waals surface area (Å²) >= 11 is 1.27. The first kappa shape index (κ1) is 60.1. The van der Waals surface area contributed by atoms with E-state index in [0.29, 0.717) is 0 Å². The summed E-state index contributed by atoms with van der Waals surface area (Å²) in [6.45, 7) is 2.31. The molecule has 0 heterocycles. The van der Waals surface area contributed by atoms with E-state index < -0.39 is 127 Å². The second-order valence-corrected chi connectivity index (χ2v) is 15.0. The molecule has 0 saturated heterocycles. The quantitative estimate of drug-likeness (QED) is 0.0170. The van der Waals surface area contributed by atoms with Gasteiger partial charge in [0.05, 0.1) is 0 Å². The SMILES string of the molecule is CC(=O)O.CSCC[C@H](NC(=O)[C@H](CCC(=O)O)NC(=O)[C@H](CCC(=O)O)NC(C)=O)C(=O)N[C@@H](CCC(N)=O)C(=O)N[C@@H](CCCN=C(N)N)C(=O)N[C@@H](CCCN=C(N)N)C(N)=O. The van der Waals surface area contributed by atoms with Crippen molar-refractivity contribution in [2.45, 2.75) is 121 Å². The number of amides is 8. The zero-order valence-electron chi connectivity index (χ0n) is 36.5. The van der Waals surface area contributed by atoms with Crippen LogP contribution in [-0.4, -0.2) is 154 Å². The summed E-state index contributed by atoms with van der Waals surface area (Å²) < 4.78 is 0. The number of nitrogens with one attached hydrogen (secondary N) is 6. The first-order valence-electron chi connectivity index (χ1n) is 19.9. The van der Waals surface area contributed by atoms with Crippen LogP contribution in [0.25, 0.3) is 0 Å². The van der Waals surface area contributed by atoms with Gasteiger partial charge >= 0.3 is 11.9 Å². The molecule has 28 nitrogen and oxygen atoms in total. The van der Waals surface area contributed by atoms with E-state index in [1.54, 1.807) is 6.26 Å². The number of rotatable bonds is 32. The molecule has 6 atom stereocenters. The molecule has 0 aromatic heterocycles. The Balaban J connectivity index is 0. The molecule has 0 aliphatic heterocycles. The van der Waals surface area contributed by atoms with E-state index >= 15 is 0 Å². The van der Waals surface area contributed by atoms with Crippen molar-refractivity contribution in [3.63, 3.8) is 0 Å². The lowest BCUT2D eigenvalue weighted by atomic mass is 10.0. The number of guanidine groups is 2. The molecule has 21 N–H and O–H groups in total. The zero-order valence-corrected chi connectivity index (χ0v) is 37.3. The van der Waals surface area contributed by atoms with Gasteiger partial charge in [-0.15, -0.1) is 0 Å². The molecule has 0 aliphatic carbocycles. The number of hydrogen-bond acceptors (Lipinski definition) is 14. The minimum Gasteiger partial charge on any atom is -0.481 e. The monoisotopic (exact) mass is 948 g/mol. The molecule has 0 saturated carbocycles. The van der Waals surface area contributed by atoms with Gasteiger partial charge in [0.2, 0.25) is 47.3 Å². The van der Waals surface area contributed by atoms with Gasteiger partial charge in [0.15, 0.2) is 11.9 Å². The number of carbonyl (C=O) groups excluding carboxylic acids is 8. The lowest BCUT2D eigenvalue weighted by molar-refractivity contribution is -0.140. The van der Waals surface area contributed by atoms with Gasteiger partial charge in [-0.3, -0.25) is 62.7 Å². The van der Waals surface area contributed by atoms with Crippen LogP contribution in [0.15, 0.2) is 9.98 Å². The average Bonchev–Trinajstić information content (AvgIpc) is 3.18. The van der Waals surface area contributed by atoms with Crippen molar-refractivity contribution in [3.8, 4) is 0 Å². The Bertz CT molecular complexity index is 1710.